The first kappa shape index (κ1) is 17.7. The van der Waals surface area contributed by atoms with Crippen LogP contribution in [0.5, 0.6) is 0 Å². The molecule has 5 rings (SSSR count). The molecule has 29 heavy (non-hydrogen) atoms. The maximum atomic E-state index is 9.36. The molecular weight excluding hydrogens is 356 g/mol. The average Bonchev–Trinajstić information content (AvgIpc) is 3.15. The minimum Gasteiger partial charge on any atom is -0.301 e. The maximum absolute atomic E-state index is 9.36. The molecule has 0 aliphatic carbocycles. The van der Waals surface area contributed by atoms with E-state index in [9.17, 15) is 5.26 Å². The van der Waals surface area contributed by atoms with Crippen LogP contribution in [0.25, 0.3) is 10.9 Å². The summed E-state index contributed by atoms with van der Waals surface area (Å²) in [5.74, 6) is 0.372. The SMILES string of the molecule is CN1Cc2ccccc2C(c2ccc3c(cnn3Cc3ccccc3C#N)c2)C1. The Morgan fingerprint density at radius 2 is 1.90 bits per heavy atom. The number of nitrogens with zero attached hydrogens (tertiary/aromatic N) is 4. The van der Waals surface area contributed by atoms with Crippen LogP contribution in [-0.4, -0.2) is 28.3 Å². The van der Waals surface area contributed by atoms with E-state index in [1.54, 1.807) is 0 Å². The summed E-state index contributed by atoms with van der Waals surface area (Å²) in [5.41, 5.74) is 6.96. The van der Waals surface area contributed by atoms with E-state index >= 15 is 0 Å². The molecule has 2 heterocycles. The fourth-order valence-electron chi connectivity index (χ4n) is 4.45. The van der Waals surface area contributed by atoms with Crippen molar-refractivity contribution in [2.24, 2.45) is 0 Å². The van der Waals surface area contributed by atoms with Gasteiger partial charge in [-0.15, -0.1) is 0 Å². The van der Waals surface area contributed by atoms with Crippen molar-refractivity contribution in [3.05, 3.63) is 101 Å². The number of rotatable bonds is 3. The number of aromatic nitrogens is 2. The fraction of sp³-hybridized carbons (Fsp3) is 0.200. The molecule has 1 atom stereocenters. The van der Waals surface area contributed by atoms with Gasteiger partial charge in [0.1, 0.15) is 0 Å². The topological polar surface area (TPSA) is 44.9 Å². The average molecular weight is 378 g/mol. The number of fused-ring (bicyclic) bond motifs is 2. The zero-order valence-corrected chi connectivity index (χ0v) is 16.4. The predicted octanol–water partition coefficient (Wildman–Crippen LogP) is 4.53. The van der Waals surface area contributed by atoms with E-state index in [2.05, 4.69) is 65.6 Å². The molecule has 142 valence electrons. The fourth-order valence-corrected chi connectivity index (χ4v) is 4.45. The van der Waals surface area contributed by atoms with Crippen molar-refractivity contribution in [1.29, 1.82) is 5.26 Å². The Morgan fingerprint density at radius 1 is 1.07 bits per heavy atom. The second-order valence-corrected chi connectivity index (χ2v) is 7.84. The smallest absolute Gasteiger partial charge is 0.0995 e. The highest BCUT2D eigenvalue weighted by molar-refractivity contribution is 5.80. The summed E-state index contributed by atoms with van der Waals surface area (Å²) >= 11 is 0. The number of likely N-dealkylation sites (N-methyl/N-ethyl adjacent to an activating group) is 1. The van der Waals surface area contributed by atoms with Gasteiger partial charge in [-0.05, 0) is 47.5 Å². The molecule has 0 bridgehead atoms. The number of hydrogen-bond donors (Lipinski definition) is 0. The molecule has 4 nitrogen and oxygen atoms in total. The Morgan fingerprint density at radius 3 is 2.79 bits per heavy atom. The van der Waals surface area contributed by atoms with Gasteiger partial charge in [-0.25, -0.2) is 0 Å². The van der Waals surface area contributed by atoms with E-state index in [0.717, 1.165) is 29.6 Å². The lowest BCUT2D eigenvalue weighted by molar-refractivity contribution is 0.295. The van der Waals surface area contributed by atoms with Crippen LogP contribution in [0, 0.1) is 11.3 Å². The molecule has 1 aliphatic rings. The molecule has 0 saturated carbocycles. The molecule has 0 N–H and O–H groups in total. The van der Waals surface area contributed by atoms with Crippen LogP contribution in [0.15, 0.2) is 72.9 Å². The van der Waals surface area contributed by atoms with Crippen LogP contribution in [0.2, 0.25) is 0 Å². The zero-order chi connectivity index (χ0) is 19.8. The summed E-state index contributed by atoms with van der Waals surface area (Å²) in [7, 11) is 2.19. The standard InChI is InChI=1S/C25H22N4/c1-28-15-21-8-4-5-9-23(21)24(17-28)18-10-11-25-22(12-18)14-27-29(25)16-20-7-3-2-6-19(20)13-26/h2-12,14,24H,15-17H2,1H3. The van der Waals surface area contributed by atoms with Gasteiger partial charge in [-0.1, -0.05) is 48.5 Å². The van der Waals surface area contributed by atoms with Gasteiger partial charge in [-0.3, -0.25) is 4.68 Å². The molecule has 0 saturated heterocycles. The van der Waals surface area contributed by atoms with Gasteiger partial charge in [0.05, 0.1) is 29.9 Å². The normalized spacial score (nSPS) is 16.5. The second kappa shape index (κ2) is 7.20. The second-order valence-electron chi connectivity index (χ2n) is 7.84. The highest BCUT2D eigenvalue weighted by Gasteiger charge is 2.24. The third-order valence-corrected chi connectivity index (χ3v) is 5.89. The number of benzene rings is 3. The van der Waals surface area contributed by atoms with Crippen LogP contribution < -0.4 is 0 Å². The lowest BCUT2D eigenvalue weighted by Crippen LogP contribution is -2.30. The number of nitriles is 1. The van der Waals surface area contributed by atoms with Crippen molar-refractivity contribution in [3.8, 4) is 6.07 Å². The molecule has 1 aromatic heterocycles. The van der Waals surface area contributed by atoms with Crippen LogP contribution in [0.1, 0.15) is 33.7 Å². The lowest BCUT2D eigenvalue weighted by atomic mass is 9.84. The summed E-state index contributed by atoms with van der Waals surface area (Å²) in [6.45, 7) is 2.62. The van der Waals surface area contributed by atoms with E-state index in [4.69, 9.17) is 0 Å². The van der Waals surface area contributed by atoms with Gasteiger partial charge in [-0.2, -0.15) is 10.4 Å². The number of hydrogen-bond acceptors (Lipinski definition) is 3. The van der Waals surface area contributed by atoms with E-state index in [0.29, 0.717) is 18.0 Å². The van der Waals surface area contributed by atoms with Crippen LogP contribution in [-0.2, 0) is 13.1 Å². The third-order valence-electron chi connectivity index (χ3n) is 5.89. The van der Waals surface area contributed by atoms with Crippen molar-refractivity contribution < 1.29 is 0 Å². The van der Waals surface area contributed by atoms with E-state index < -0.39 is 0 Å². The Labute approximate surface area is 170 Å². The summed E-state index contributed by atoms with van der Waals surface area (Å²) in [6.07, 6.45) is 1.94. The summed E-state index contributed by atoms with van der Waals surface area (Å²) in [4.78, 5) is 2.39. The molecule has 0 amide bonds. The zero-order valence-electron chi connectivity index (χ0n) is 16.4. The molecule has 1 unspecified atom stereocenters. The van der Waals surface area contributed by atoms with E-state index in [-0.39, 0.29) is 0 Å². The van der Waals surface area contributed by atoms with Crippen molar-refractivity contribution in [3.63, 3.8) is 0 Å². The van der Waals surface area contributed by atoms with Gasteiger partial charge in [0.2, 0.25) is 0 Å². The highest BCUT2D eigenvalue weighted by Crippen LogP contribution is 2.34. The Balaban J connectivity index is 1.51. The quantitative estimate of drug-likeness (QED) is 0.526. The lowest BCUT2D eigenvalue weighted by Gasteiger charge is -2.32. The minimum atomic E-state index is 0.372. The molecule has 3 aromatic carbocycles. The summed E-state index contributed by atoms with van der Waals surface area (Å²) in [6, 6.07) is 25.4. The van der Waals surface area contributed by atoms with Crippen LogP contribution in [0.3, 0.4) is 0 Å². The highest BCUT2D eigenvalue weighted by atomic mass is 15.3. The predicted molar refractivity (Wildman–Crippen MR) is 115 cm³/mol. The maximum Gasteiger partial charge on any atom is 0.0995 e. The Kier molecular flexibility index (Phi) is 4.38. The first-order chi connectivity index (χ1) is 14.2. The van der Waals surface area contributed by atoms with Crippen molar-refractivity contribution in [1.82, 2.24) is 14.7 Å². The molecule has 0 spiro atoms. The monoisotopic (exact) mass is 378 g/mol. The first-order valence-corrected chi connectivity index (χ1v) is 9.93. The first-order valence-electron chi connectivity index (χ1n) is 9.93. The van der Waals surface area contributed by atoms with Crippen LogP contribution in [0.4, 0.5) is 0 Å². The summed E-state index contributed by atoms with van der Waals surface area (Å²) < 4.78 is 1.98. The molecular formula is C25H22N4. The largest absolute Gasteiger partial charge is 0.301 e. The van der Waals surface area contributed by atoms with Gasteiger partial charge < -0.3 is 4.90 Å². The van der Waals surface area contributed by atoms with Gasteiger partial charge in [0, 0.05) is 24.4 Å². The van der Waals surface area contributed by atoms with Crippen LogP contribution >= 0.6 is 0 Å². The van der Waals surface area contributed by atoms with Crippen molar-refractivity contribution in [2.45, 2.75) is 19.0 Å². The third kappa shape index (κ3) is 3.20. The van der Waals surface area contributed by atoms with E-state index in [1.807, 2.05) is 35.1 Å². The molecule has 0 fully saturated rings. The summed E-state index contributed by atoms with van der Waals surface area (Å²) in [5, 5.41) is 15.1. The van der Waals surface area contributed by atoms with Gasteiger partial charge in [0.15, 0.2) is 0 Å². The molecule has 0 radical (unpaired) electrons. The van der Waals surface area contributed by atoms with Crippen molar-refractivity contribution >= 4 is 10.9 Å². The molecule has 4 aromatic rings. The van der Waals surface area contributed by atoms with Gasteiger partial charge in [0.25, 0.3) is 0 Å². The van der Waals surface area contributed by atoms with Crippen molar-refractivity contribution in [2.75, 3.05) is 13.6 Å². The Hall–Kier alpha value is -3.42. The van der Waals surface area contributed by atoms with E-state index in [1.165, 1.54) is 16.7 Å². The molecule has 4 heteroatoms. The minimum absolute atomic E-state index is 0.372. The Bertz CT molecular complexity index is 1230. The van der Waals surface area contributed by atoms with Gasteiger partial charge >= 0.3 is 0 Å². The molecule has 1 aliphatic heterocycles.